The molecular weight excluding hydrogens is 314 g/mol. The van der Waals surface area contributed by atoms with E-state index in [1.807, 2.05) is 17.8 Å². The van der Waals surface area contributed by atoms with Gasteiger partial charge in [-0.3, -0.25) is 14.6 Å². The first-order chi connectivity index (χ1) is 12.0. The van der Waals surface area contributed by atoms with E-state index in [2.05, 4.69) is 54.2 Å². The number of aryl methyl sites for hydroxylation is 2. The van der Waals surface area contributed by atoms with E-state index >= 15 is 0 Å². The van der Waals surface area contributed by atoms with Gasteiger partial charge in [0.2, 0.25) is 0 Å². The molecule has 0 radical (unpaired) electrons. The maximum Gasteiger partial charge on any atom is 0.112 e. The highest BCUT2D eigenvalue weighted by atomic mass is 16.5. The van der Waals surface area contributed by atoms with Crippen LogP contribution >= 0.6 is 0 Å². The molecule has 1 aliphatic heterocycles. The fourth-order valence-electron chi connectivity index (χ4n) is 3.22. The summed E-state index contributed by atoms with van der Waals surface area (Å²) in [5.41, 5.74) is 4.49. The number of pyridine rings is 1. The Morgan fingerprint density at radius 2 is 2.16 bits per heavy atom. The van der Waals surface area contributed by atoms with E-state index in [1.165, 1.54) is 11.3 Å². The van der Waals surface area contributed by atoms with Gasteiger partial charge in [-0.25, -0.2) is 0 Å². The summed E-state index contributed by atoms with van der Waals surface area (Å²) >= 11 is 0. The molecular formula is C19H29N5O. The summed E-state index contributed by atoms with van der Waals surface area (Å²) in [7, 11) is 4.11. The Morgan fingerprint density at radius 1 is 1.32 bits per heavy atom. The molecule has 1 saturated heterocycles. The molecule has 0 amide bonds. The lowest BCUT2D eigenvalue weighted by Crippen LogP contribution is -2.38. The van der Waals surface area contributed by atoms with Gasteiger partial charge in [-0.05, 0) is 25.5 Å². The molecule has 1 aliphatic rings. The Bertz CT molecular complexity index is 697. The molecule has 0 unspecified atom stereocenters. The molecule has 6 nitrogen and oxygen atoms in total. The minimum Gasteiger partial charge on any atom is -0.378 e. The van der Waals surface area contributed by atoms with Crippen molar-refractivity contribution >= 4 is 5.69 Å². The zero-order valence-electron chi connectivity index (χ0n) is 15.8. The first-order valence-electron chi connectivity index (χ1n) is 9.06. The van der Waals surface area contributed by atoms with Gasteiger partial charge in [0.15, 0.2) is 0 Å². The molecule has 25 heavy (non-hydrogen) atoms. The van der Waals surface area contributed by atoms with E-state index < -0.39 is 0 Å². The highest BCUT2D eigenvalue weighted by Gasteiger charge is 2.24. The predicted molar refractivity (Wildman–Crippen MR) is 99.8 cm³/mol. The largest absolute Gasteiger partial charge is 0.378 e. The average molecular weight is 343 g/mol. The highest BCUT2D eigenvalue weighted by molar-refractivity contribution is 5.47. The lowest BCUT2D eigenvalue weighted by atomic mass is 10.1. The maximum absolute atomic E-state index is 6.02. The molecule has 136 valence electrons. The van der Waals surface area contributed by atoms with Crippen molar-refractivity contribution in [2.24, 2.45) is 0 Å². The van der Waals surface area contributed by atoms with Crippen LogP contribution in [-0.2, 0) is 17.8 Å². The molecule has 2 aromatic rings. The van der Waals surface area contributed by atoms with Crippen molar-refractivity contribution < 1.29 is 4.74 Å². The zero-order chi connectivity index (χ0) is 17.8. The molecule has 2 aromatic heterocycles. The van der Waals surface area contributed by atoms with Gasteiger partial charge < -0.3 is 9.64 Å². The number of anilines is 1. The average Bonchev–Trinajstić information content (AvgIpc) is 3.02. The summed E-state index contributed by atoms with van der Waals surface area (Å²) in [5.74, 6) is 0. The fourth-order valence-corrected chi connectivity index (χ4v) is 3.22. The minimum absolute atomic E-state index is 0.0260. The van der Waals surface area contributed by atoms with E-state index in [-0.39, 0.29) is 6.10 Å². The van der Waals surface area contributed by atoms with Crippen LogP contribution in [0.25, 0.3) is 0 Å². The SMILES string of the molecule is CCCn1cc(CN2CCO[C@H](c3cc(N(C)C)cc(C)n3)C2)cn1. The highest BCUT2D eigenvalue weighted by Crippen LogP contribution is 2.25. The van der Waals surface area contributed by atoms with Crippen LogP contribution in [0.5, 0.6) is 0 Å². The van der Waals surface area contributed by atoms with Crippen molar-refractivity contribution in [3.63, 3.8) is 0 Å². The topological polar surface area (TPSA) is 46.4 Å². The number of rotatable bonds is 6. The second kappa shape index (κ2) is 7.97. The van der Waals surface area contributed by atoms with Crippen molar-refractivity contribution in [3.05, 3.63) is 41.5 Å². The summed E-state index contributed by atoms with van der Waals surface area (Å²) in [6.45, 7) is 8.65. The number of morpholine rings is 1. The molecule has 6 heteroatoms. The fraction of sp³-hybridized carbons (Fsp3) is 0.579. The molecule has 1 fully saturated rings. The lowest BCUT2D eigenvalue weighted by Gasteiger charge is -2.32. The number of hydrogen-bond donors (Lipinski definition) is 0. The van der Waals surface area contributed by atoms with Crippen LogP contribution in [0.3, 0.4) is 0 Å². The summed E-state index contributed by atoms with van der Waals surface area (Å²) in [6, 6.07) is 4.24. The molecule has 0 spiro atoms. The Kier molecular flexibility index (Phi) is 5.71. The Morgan fingerprint density at radius 3 is 2.92 bits per heavy atom. The van der Waals surface area contributed by atoms with Crippen molar-refractivity contribution in [2.45, 2.75) is 39.5 Å². The van der Waals surface area contributed by atoms with Gasteiger partial charge in [0.25, 0.3) is 0 Å². The van der Waals surface area contributed by atoms with Gasteiger partial charge in [0.05, 0.1) is 18.5 Å². The number of nitrogens with zero attached hydrogens (tertiary/aromatic N) is 5. The van der Waals surface area contributed by atoms with Crippen LogP contribution in [-0.4, -0.2) is 53.5 Å². The Balaban J connectivity index is 1.68. The van der Waals surface area contributed by atoms with Crippen LogP contribution in [0.4, 0.5) is 5.69 Å². The van der Waals surface area contributed by atoms with E-state index in [4.69, 9.17) is 9.72 Å². The van der Waals surface area contributed by atoms with Gasteiger partial charge in [0.1, 0.15) is 6.10 Å². The van der Waals surface area contributed by atoms with Crippen LogP contribution in [0.1, 0.15) is 36.4 Å². The van der Waals surface area contributed by atoms with Crippen LogP contribution in [0, 0.1) is 6.92 Å². The van der Waals surface area contributed by atoms with Crippen molar-refractivity contribution in [1.29, 1.82) is 0 Å². The Labute approximate surface area is 150 Å². The molecule has 1 atom stereocenters. The maximum atomic E-state index is 6.02. The van der Waals surface area contributed by atoms with E-state index in [0.717, 1.165) is 50.6 Å². The number of hydrogen-bond acceptors (Lipinski definition) is 5. The molecule has 3 heterocycles. The molecule has 0 saturated carbocycles. The van der Waals surface area contributed by atoms with Crippen LogP contribution in [0.2, 0.25) is 0 Å². The number of aromatic nitrogens is 3. The normalized spacial score (nSPS) is 18.5. The first-order valence-corrected chi connectivity index (χ1v) is 9.06. The van der Waals surface area contributed by atoms with E-state index in [1.54, 1.807) is 0 Å². The van der Waals surface area contributed by atoms with Crippen LogP contribution in [0.15, 0.2) is 24.5 Å². The van der Waals surface area contributed by atoms with E-state index in [0.29, 0.717) is 0 Å². The van der Waals surface area contributed by atoms with Crippen molar-refractivity contribution in [1.82, 2.24) is 19.7 Å². The molecule has 0 aromatic carbocycles. The third-order valence-corrected chi connectivity index (χ3v) is 4.50. The quantitative estimate of drug-likeness (QED) is 0.807. The van der Waals surface area contributed by atoms with Crippen LogP contribution < -0.4 is 4.90 Å². The van der Waals surface area contributed by atoms with Gasteiger partial charge in [0, 0.05) is 63.4 Å². The smallest absolute Gasteiger partial charge is 0.112 e. The summed E-state index contributed by atoms with van der Waals surface area (Å²) in [4.78, 5) is 9.26. The molecule has 0 bridgehead atoms. The summed E-state index contributed by atoms with van der Waals surface area (Å²) < 4.78 is 8.05. The van der Waals surface area contributed by atoms with E-state index in [9.17, 15) is 0 Å². The monoisotopic (exact) mass is 343 g/mol. The van der Waals surface area contributed by atoms with Gasteiger partial charge in [-0.1, -0.05) is 6.92 Å². The lowest BCUT2D eigenvalue weighted by molar-refractivity contribution is -0.0350. The Hall–Kier alpha value is -1.92. The zero-order valence-corrected chi connectivity index (χ0v) is 15.8. The summed E-state index contributed by atoms with van der Waals surface area (Å²) in [5, 5.41) is 4.43. The predicted octanol–water partition coefficient (Wildman–Crippen LogP) is 2.64. The third kappa shape index (κ3) is 4.58. The minimum atomic E-state index is 0.0260. The third-order valence-electron chi connectivity index (χ3n) is 4.50. The molecule has 0 N–H and O–H groups in total. The first kappa shape index (κ1) is 17.9. The van der Waals surface area contributed by atoms with Crippen molar-refractivity contribution in [2.75, 3.05) is 38.7 Å². The molecule has 0 aliphatic carbocycles. The van der Waals surface area contributed by atoms with Gasteiger partial charge in [-0.15, -0.1) is 0 Å². The summed E-state index contributed by atoms with van der Waals surface area (Å²) in [6.07, 6.45) is 5.27. The van der Waals surface area contributed by atoms with Gasteiger partial charge >= 0.3 is 0 Å². The standard InChI is InChI=1S/C19H29N5O/c1-5-6-24-13-16(11-20-24)12-23-7-8-25-19(14-23)18-10-17(22(3)4)9-15(2)21-18/h9-11,13,19H,5-8,12,14H2,1-4H3/t19-/m0/s1. The second-order valence-corrected chi connectivity index (χ2v) is 6.99. The van der Waals surface area contributed by atoms with Gasteiger partial charge in [-0.2, -0.15) is 5.10 Å². The second-order valence-electron chi connectivity index (χ2n) is 6.99. The van der Waals surface area contributed by atoms with Crippen molar-refractivity contribution in [3.8, 4) is 0 Å². The number of ether oxygens (including phenoxy) is 1. The molecule has 3 rings (SSSR count).